The summed E-state index contributed by atoms with van der Waals surface area (Å²) in [5, 5.41) is 2.22. The lowest BCUT2D eigenvalue weighted by molar-refractivity contribution is -0.147. The molecule has 2 amide bonds. The maximum Gasteiger partial charge on any atom is 0.316 e. The van der Waals surface area contributed by atoms with Crippen molar-refractivity contribution in [1.82, 2.24) is 5.32 Å². The van der Waals surface area contributed by atoms with Crippen LogP contribution in [0.4, 0.5) is 0 Å². The monoisotopic (exact) mass is 467 g/mol. The molecule has 1 N–H and O–H groups in total. The Morgan fingerprint density at radius 3 is 2.26 bits per heavy atom. The first-order valence-electron chi connectivity index (χ1n) is 8.07. The number of ether oxygens (including phenoxy) is 1. The number of esters is 1. The molecule has 0 bridgehead atoms. The molecule has 142 valence electrons. The quantitative estimate of drug-likeness (QED) is 0.445. The molecule has 5 nitrogen and oxygen atoms in total. The predicted octanol–water partition coefficient (Wildman–Crippen LogP) is 3.91. The second kappa shape index (κ2) is 11.8. The first-order chi connectivity index (χ1) is 13.0. The standard InChI is InChI=1S/C19H18BrNO4S2/c20-14-6-8-16(9-7-14)27-13-19(24)25-12-18(23)21-17(22)10-11-26-15-4-2-1-3-5-15/h1-9H,10-13H2,(H,21,22,23). The fourth-order valence-electron chi connectivity index (χ4n) is 1.89. The molecule has 27 heavy (non-hydrogen) atoms. The van der Waals surface area contributed by atoms with E-state index in [4.69, 9.17) is 4.74 Å². The normalized spacial score (nSPS) is 10.3. The number of imide groups is 1. The Balaban J connectivity index is 1.58. The number of halogens is 1. The van der Waals surface area contributed by atoms with Gasteiger partial charge in [-0.3, -0.25) is 19.7 Å². The largest absolute Gasteiger partial charge is 0.455 e. The molecule has 0 radical (unpaired) electrons. The zero-order valence-corrected chi connectivity index (χ0v) is 17.6. The number of hydrogen-bond donors (Lipinski definition) is 1. The Hall–Kier alpha value is -1.77. The molecular formula is C19H18BrNO4S2. The van der Waals surface area contributed by atoms with Gasteiger partial charge in [-0.2, -0.15) is 0 Å². The number of amides is 2. The van der Waals surface area contributed by atoms with Crippen molar-refractivity contribution in [3.05, 3.63) is 59.1 Å². The van der Waals surface area contributed by atoms with Gasteiger partial charge in [-0.1, -0.05) is 34.1 Å². The maximum atomic E-state index is 11.7. The summed E-state index contributed by atoms with van der Waals surface area (Å²) in [6.07, 6.45) is 0.207. The highest BCUT2D eigenvalue weighted by Gasteiger charge is 2.11. The van der Waals surface area contributed by atoms with Crippen LogP contribution in [0, 0.1) is 0 Å². The van der Waals surface area contributed by atoms with E-state index in [-0.39, 0.29) is 18.1 Å². The summed E-state index contributed by atoms with van der Waals surface area (Å²) in [7, 11) is 0. The van der Waals surface area contributed by atoms with E-state index in [0.29, 0.717) is 5.75 Å². The van der Waals surface area contributed by atoms with Crippen LogP contribution in [-0.2, 0) is 19.1 Å². The SMILES string of the molecule is O=C(CCSc1ccccc1)NC(=O)COC(=O)CSc1ccc(Br)cc1. The summed E-state index contributed by atoms with van der Waals surface area (Å²) < 4.78 is 5.84. The van der Waals surface area contributed by atoms with Gasteiger partial charge in [-0.15, -0.1) is 23.5 Å². The molecule has 0 heterocycles. The fraction of sp³-hybridized carbons (Fsp3) is 0.211. The van der Waals surface area contributed by atoms with Crippen LogP contribution in [0.25, 0.3) is 0 Å². The van der Waals surface area contributed by atoms with E-state index in [1.807, 2.05) is 54.6 Å². The van der Waals surface area contributed by atoms with Gasteiger partial charge in [-0.05, 0) is 36.4 Å². The van der Waals surface area contributed by atoms with E-state index in [1.54, 1.807) is 0 Å². The van der Waals surface area contributed by atoms with Crippen molar-refractivity contribution in [1.29, 1.82) is 0 Å². The van der Waals surface area contributed by atoms with E-state index in [0.717, 1.165) is 14.3 Å². The van der Waals surface area contributed by atoms with Crippen LogP contribution in [0.1, 0.15) is 6.42 Å². The molecule has 0 unspecified atom stereocenters. The first-order valence-corrected chi connectivity index (χ1v) is 10.8. The van der Waals surface area contributed by atoms with E-state index in [2.05, 4.69) is 21.2 Å². The minimum absolute atomic E-state index is 0.0938. The van der Waals surface area contributed by atoms with Gasteiger partial charge >= 0.3 is 5.97 Å². The molecule has 0 aliphatic carbocycles. The Bertz CT molecular complexity index is 769. The Kier molecular flexibility index (Phi) is 9.44. The summed E-state index contributed by atoms with van der Waals surface area (Å²) >= 11 is 6.19. The van der Waals surface area contributed by atoms with Crippen molar-refractivity contribution in [2.45, 2.75) is 16.2 Å². The number of rotatable bonds is 9. The first kappa shape index (κ1) is 21.5. The molecule has 2 rings (SSSR count). The molecule has 8 heteroatoms. The van der Waals surface area contributed by atoms with Gasteiger partial charge in [0.1, 0.15) is 0 Å². The number of carbonyl (C=O) groups excluding carboxylic acids is 3. The second-order valence-corrected chi connectivity index (χ2v) is 8.42. The zero-order chi connectivity index (χ0) is 19.5. The second-order valence-electron chi connectivity index (χ2n) is 5.29. The average molecular weight is 468 g/mol. The van der Waals surface area contributed by atoms with Gasteiger partial charge in [0.25, 0.3) is 5.91 Å². The van der Waals surface area contributed by atoms with Crippen LogP contribution in [-0.4, -0.2) is 35.9 Å². The molecule has 2 aromatic rings. The molecule has 0 saturated carbocycles. The van der Waals surface area contributed by atoms with Crippen LogP contribution in [0.3, 0.4) is 0 Å². The molecule has 0 saturated heterocycles. The Labute approximate surface area is 174 Å². The van der Waals surface area contributed by atoms with E-state index >= 15 is 0 Å². The van der Waals surface area contributed by atoms with Gasteiger partial charge in [0.05, 0.1) is 5.75 Å². The van der Waals surface area contributed by atoms with E-state index in [9.17, 15) is 14.4 Å². The summed E-state index contributed by atoms with van der Waals surface area (Å²) in [5.41, 5.74) is 0. The fourth-order valence-corrected chi connectivity index (χ4v) is 3.73. The highest BCUT2D eigenvalue weighted by Crippen LogP contribution is 2.20. The molecule has 0 spiro atoms. The maximum absolute atomic E-state index is 11.7. The van der Waals surface area contributed by atoms with Gasteiger partial charge in [0.15, 0.2) is 6.61 Å². The lowest BCUT2D eigenvalue weighted by Crippen LogP contribution is -2.34. The minimum Gasteiger partial charge on any atom is -0.455 e. The van der Waals surface area contributed by atoms with Crippen LogP contribution in [0.2, 0.25) is 0 Å². The molecule has 0 aliphatic rings. The highest BCUT2D eigenvalue weighted by atomic mass is 79.9. The van der Waals surface area contributed by atoms with Gasteiger partial charge in [0, 0.05) is 26.4 Å². The number of benzene rings is 2. The third-order valence-electron chi connectivity index (χ3n) is 3.15. The molecule has 0 aromatic heterocycles. The highest BCUT2D eigenvalue weighted by molar-refractivity contribution is 9.10. The molecule has 0 aliphatic heterocycles. The third kappa shape index (κ3) is 9.12. The zero-order valence-electron chi connectivity index (χ0n) is 14.4. The van der Waals surface area contributed by atoms with Crippen LogP contribution in [0.15, 0.2) is 68.9 Å². The summed E-state index contributed by atoms with van der Waals surface area (Å²) in [6.45, 7) is -0.461. The molecule has 2 aromatic carbocycles. The number of hydrogen-bond acceptors (Lipinski definition) is 6. The third-order valence-corrected chi connectivity index (χ3v) is 5.68. The number of carbonyl (C=O) groups is 3. The van der Waals surface area contributed by atoms with Gasteiger partial charge < -0.3 is 4.74 Å². The molecule has 0 fully saturated rings. The number of nitrogens with one attached hydrogen (secondary N) is 1. The molecule has 0 atom stereocenters. The van der Waals surface area contributed by atoms with Gasteiger partial charge in [0.2, 0.25) is 5.91 Å². The van der Waals surface area contributed by atoms with Crippen LogP contribution in [0.5, 0.6) is 0 Å². The van der Waals surface area contributed by atoms with Crippen molar-refractivity contribution in [2.24, 2.45) is 0 Å². The molecular weight excluding hydrogens is 450 g/mol. The summed E-state index contributed by atoms with van der Waals surface area (Å²) in [5.74, 6) is -0.857. The lowest BCUT2D eigenvalue weighted by atomic mass is 10.4. The van der Waals surface area contributed by atoms with Crippen molar-refractivity contribution in [3.63, 3.8) is 0 Å². The average Bonchev–Trinajstić information content (AvgIpc) is 2.67. The summed E-state index contributed by atoms with van der Waals surface area (Å²) in [6, 6.07) is 17.2. The topological polar surface area (TPSA) is 72.5 Å². The number of thioether (sulfide) groups is 2. The van der Waals surface area contributed by atoms with Crippen molar-refractivity contribution < 1.29 is 19.1 Å². The van der Waals surface area contributed by atoms with Crippen LogP contribution >= 0.6 is 39.5 Å². The van der Waals surface area contributed by atoms with Crippen LogP contribution < -0.4 is 5.32 Å². The Morgan fingerprint density at radius 2 is 1.56 bits per heavy atom. The smallest absolute Gasteiger partial charge is 0.316 e. The van der Waals surface area contributed by atoms with Crippen molar-refractivity contribution >= 4 is 57.2 Å². The minimum atomic E-state index is -0.619. The lowest BCUT2D eigenvalue weighted by Gasteiger charge is -2.06. The van der Waals surface area contributed by atoms with Gasteiger partial charge in [-0.25, -0.2) is 0 Å². The predicted molar refractivity (Wildman–Crippen MR) is 111 cm³/mol. The van der Waals surface area contributed by atoms with E-state index in [1.165, 1.54) is 23.5 Å². The summed E-state index contributed by atoms with van der Waals surface area (Å²) in [4.78, 5) is 37.1. The van der Waals surface area contributed by atoms with Crippen molar-refractivity contribution in [3.8, 4) is 0 Å². The van der Waals surface area contributed by atoms with E-state index < -0.39 is 18.5 Å². The van der Waals surface area contributed by atoms with Crippen molar-refractivity contribution in [2.75, 3.05) is 18.1 Å². The Morgan fingerprint density at radius 1 is 0.889 bits per heavy atom.